The zero-order valence-electron chi connectivity index (χ0n) is 19.8. The average Bonchev–Trinajstić information content (AvgIpc) is 3.32. The number of imidazole rings is 1. The highest BCUT2D eigenvalue weighted by Gasteiger charge is 2.38. The van der Waals surface area contributed by atoms with Crippen molar-refractivity contribution in [3.05, 3.63) is 34.3 Å². The highest BCUT2D eigenvalue weighted by Crippen LogP contribution is 2.39. The third kappa shape index (κ3) is 6.80. The highest BCUT2D eigenvalue weighted by molar-refractivity contribution is 9.10. The van der Waals surface area contributed by atoms with Crippen LogP contribution in [0.4, 0.5) is 24.9 Å². The number of hydrogen-bond acceptors (Lipinski definition) is 7. The maximum absolute atomic E-state index is 10.6. The normalized spacial score (nSPS) is 17.0. The van der Waals surface area contributed by atoms with Crippen molar-refractivity contribution in [1.29, 1.82) is 0 Å². The van der Waals surface area contributed by atoms with Crippen molar-refractivity contribution in [2.75, 3.05) is 23.8 Å². The fourth-order valence-electron chi connectivity index (χ4n) is 3.46. The van der Waals surface area contributed by atoms with Gasteiger partial charge in [0.2, 0.25) is 5.95 Å². The maximum atomic E-state index is 10.6. The summed E-state index contributed by atoms with van der Waals surface area (Å²) >= 11 is 3.50. The lowest BCUT2D eigenvalue weighted by Gasteiger charge is -2.19. The molecule has 1 aliphatic rings. The second-order valence-corrected chi connectivity index (χ2v) is 9.31. The Morgan fingerprint density at radius 2 is 1.97 bits per heavy atom. The van der Waals surface area contributed by atoms with Gasteiger partial charge in [-0.15, -0.1) is 0 Å². The number of nitrogens with zero attached hydrogens (tertiary/aromatic N) is 6. The molecule has 0 amide bonds. The van der Waals surface area contributed by atoms with Gasteiger partial charge in [0.15, 0.2) is 17.0 Å². The number of rotatable bonds is 7. The van der Waals surface area contributed by atoms with Gasteiger partial charge in [-0.1, -0.05) is 6.92 Å². The molecule has 3 heterocycles. The van der Waals surface area contributed by atoms with Gasteiger partial charge < -0.3 is 19.9 Å². The SMILES string of the molecule is CCn1cnc2c(N(C)CC3CC3C)nc(NCc3ccc(Br)c(C)n3)nc21.O=C(O)C(F)(F)F. The van der Waals surface area contributed by atoms with Crippen LogP contribution in [0.1, 0.15) is 31.7 Å². The monoisotopic (exact) mass is 557 g/mol. The van der Waals surface area contributed by atoms with E-state index < -0.39 is 12.1 Å². The van der Waals surface area contributed by atoms with Gasteiger partial charge in [0.25, 0.3) is 0 Å². The lowest BCUT2D eigenvalue weighted by atomic mass is 10.3. The van der Waals surface area contributed by atoms with Gasteiger partial charge >= 0.3 is 12.1 Å². The number of alkyl halides is 3. The predicted molar refractivity (Wildman–Crippen MR) is 129 cm³/mol. The van der Waals surface area contributed by atoms with E-state index in [1.807, 2.05) is 25.4 Å². The summed E-state index contributed by atoms with van der Waals surface area (Å²) in [5.74, 6) is 0.286. The topological polar surface area (TPSA) is 109 Å². The molecule has 0 radical (unpaired) electrons. The van der Waals surface area contributed by atoms with E-state index in [4.69, 9.17) is 19.9 Å². The summed E-state index contributed by atoms with van der Waals surface area (Å²) in [6.07, 6.45) is -1.94. The minimum atomic E-state index is -5.08. The quantitative estimate of drug-likeness (QED) is 0.432. The number of pyridine rings is 1. The average molecular weight is 558 g/mol. The second-order valence-electron chi connectivity index (χ2n) is 8.45. The number of aromatic nitrogens is 5. The van der Waals surface area contributed by atoms with Crippen LogP contribution in [0.3, 0.4) is 0 Å². The van der Waals surface area contributed by atoms with E-state index in [2.05, 4.69) is 61.6 Å². The van der Waals surface area contributed by atoms with Crippen LogP contribution in [-0.2, 0) is 17.9 Å². The molecule has 190 valence electrons. The fraction of sp³-hybridized carbons (Fsp3) is 0.500. The molecule has 1 saturated carbocycles. The van der Waals surface area contributed by atoms with E-state index in [1.54, 1.807) is 0 Å². The van der Waals surface area contributed by atoms with Crippen LogP contribution in [0.2, 0.25) is 0 Å². The molecule has 0 saturated heterocycles. The Morgan fingerprint density at radius 1 is 1.31 bits per heavy atom. The van der Waals surface area contributed by atoms with E-state index in [0.29, 0.717) is 12.5 Å². The summed E-state index contributed by atoms with van der Waals surface area (Å²) in [5.41, 5.74) is 3.65. The lowest BCUT2D eigenvalue weighted by Crippen LogP contribution is -2.23. The van der Waals surface area contributed by atoms with Gasteiger partial charge in [-0.3, -0.25) is 4.98 Å². The van der Waals surface area contributed by atoms with Gasteiger partial charge in [-0.05, 0) is 60.2 Å². The number of aliphatic carboxylic acids is 1. The molecule has 2 atom stereocenters. The number of carbonyl (C=O) groups is 1. The van der Waals surface area contributed by atoms with E-state index >= 15 is 0 Å². The molecule has 9 nitrogen and oxygen atoms in total. The lowest BCUT2D eigenvalue weighted by molar-refractivity contribution is -0.192. The van der Waals surface area contributed by atoms with Crippen LogP contribution < -0.4 is 10.2 Å². The molecule has 4 rings (SSSR count). The molecule has 3 aromatic heterocycles. The predicted octanol–water partition coefficient (Wildman–Crippen LogP) is 4.65. The third-order valence-corrected chi connectivity index (χ3v) is 6.52. The summed E-state index contributed by atoms with van der Waals surface area (Å²) < 4.78 is 34.8. The molecule has 35 heavy (non-hydrogen) atoms. The highest BCUT2D eigenvalue weighted by atomic mass is 79.9. The van der Waals surface area contributed by atoms with Crippen LogP contribution in [0.5, 0.6) is 0 Å². The van der Waals surface area contributed by atoms with E-state index in [-0.39, 0.29) is 0 Å². The summed E-state index contributed by atoms with van der Waals surface area (Å²) in [6, 6.07) is 4.02. The van der Waals surface area contributed by atoms with E-state index in [9.17, 15) is 13.2 Å². The Hall–Kier alpha value is -2.96. The smallest absolute Gasteiger partial charge is 0.475 e. The Bertz CT molecular complexity index is 1200. The van der Waals surface area contributed by atoms with Crippen molar-refractivity contribution < 1.29 is 23.1 Å². The molecule has 2 N–H and O–H groups in total. The van der Waals surface area contributed by atoms with E-state index in [1.165, 1.54) is 6.42 Å². The molecule has 0 bridgehead atoms. The summed E-state index contributed by atoms with van der Waals surface area (Å²) in [5, 5.41) is 10.5. The maximum Gasteiger partial charge on any atom is 0.490 e. The molecule has 0 aliphatic heterocycles. The van der Waals surface area contributed by atoms with E-state index in [0.717, 1.165) is 57.8 Å². The zero-order chi connectivity index (χ0) is 25.9. The minimum Gasteiger partial charge on any atom is -0.475 e. The van der Waals surface area contributed by atoms with Crippen molar-refractivity contribution in [3.63, 3.8) is 0 Å². The molecule has 2 unspecified atom stereocenters. The summed E-state index contributed by atoms with van der Waals surface area (Å²) in [6.45, 7) is 8.78. The number of hydrogen-bond donors (Lipinski definition) is 2. The first-order valence-corrected chi connectivity index (χ1v) is 11.8. The number of halogens is 4. The molecule has 0 aromatic carbocycles. The van der Waals surface area contributed by atoms with Crippen LogP contribution in [0.25, 0.3) is 11.2 Å². The first kappa shape index (κ1) is 26.6. The second kappa shape index (κ2) is 10.8. The first-order valence-electron chi connectivity index (χ1n) is 11.0. The van der Waals surface area contributed by atoms with Crippen LogP contribution in [-0.4, -0.2) is 55.3 Å². The Balaban J connectivity index is 0.000000429. The Kier molecular flexibility index (Phi) is 8.18. The number of carboxylic acids is 1. The van der Waals surface area contributed by atoms with Gasteiger partial charge in [0.1, 0.15) is 0 Å². The van der Waals surface area contributed by atoms with Crippen molar-refractivity contribution in [2.24, 2.45) is 11.8 Å². The van der Waals surface area contributed by atoms with Crippen LogP contribution >= 0.6 is 15.9 Å². The van der Waals surface area contributed by atoms with Gasteiger partial charge in [-0.2, -0.15) is 23.1 Å². The summed E-state index contributed by atoms with van der Waals surface area (Å²) in [7, 11) is 2.10. The number of nitrogens with one attached hydrogen (secondary N) is 1. The molecule has 1 fully saturated rings. The molecule has 0 spiro atoms. The summed E-state index contributed by atoms with van der Waals surface area (Å²) in [4.78, 5) is 29.8. The van der Waals surface area contributed by atoms with Gasteiger partial charge in [-0.25, -0.2) is 9.78 Å². The van der Waals surface area contributed by atoms with Crippen molar-refractivity contribution in [1.82, 2.24) is 24.5 Å². The number of aryl methyl sites for hydroxylation is 2. The standard InChI is InChI=1S/C20H26BrN7.C2HF3O2/c1-5-28-11-23-17-18(27(4)10-14-8-12(14)2)25-20(26-19(17)28)22-9-15-6-7-16(21)13(3)24-15;3-2(4,5)1(6)7/h6-7,11-12,14H,5,8-10H2,1-4H3,(H,22,25,26);(H,6,7). The van der Waals surface area contributed by atoms with Gasteiger partial charge in [0, 0.05) is 24.6 Å². The molecular formula is C22H27BrF3N7O2. The van der Waals surface area contributed by atoms with Crippen LogP contribution in [0.15, 0.2) is 22.9 Å². The van der Waals surface area contributed by atoms with Crippen LogP contribution in [0, 0.1) is 18.8 Å². The first-order chi connectivity index (χ1) is 16.4. The molecular weight excluding hydrogens is 531 g/mol. The van der Waals surface area contributed by atoms with Gasteiger partial charge in [0.05, 0.1) is 24.3 Å². The van der Waals surface area contributed by atoms with Crippen molar-refractivity contribution in [3.8, 4) is 0 Å². The molecule has 3 aromatic rings. The number of anilines is 2. The number of fused-ring (bicyclic) bond motifs is 1. The minimum absolute atomic E-state index is 0.572. The Morgan fingerprint density at radius 3 is 2.51 bits per heavy atom. The third-order valence-electron chi connectivity index (χ3n) is 5.68. The molecule has 1 aliphatic carbocycles. The largest absolute Gasteiger partial charge is 0.490 e. The number of carboxylic acid groups (broad SMARTS) is 1. The molecule has 13 heteroatoms. The zero-order valence-corrected chi connectivity index (χ0v) is 21.4. The fourth-order valence-corrected chi connectivity index (χ4v) is 3.68. The Labute approximate surface area is 208 Å². The van der Waals surface area contributed by atoms with Crippen molar-refractivity contribution >= 4 is 44.8 Å². The van der Waals surface area contributed by atoms with Crippen molar-refractivity contribution in [2.45, 2.75) is 46.5 Å².